The van der Waals surface area contributed by atoms with Crippen LogP contribution in [-0.4, -0.2) is 23.4 Å². The molecule has 0 radical (unpaired) electrons. The van der Waals surface area contributed by atoms with Crippen molar-refractivity contribution >= 4 is 22.8 Å². The van der Waals surface area contributed by atoms with Crippen LogP contribution in [0.2, 0.25) is 0 Å². The van der Waals surface area contributed by atoms with Gasteiger partial charge in [-0.25, -0.2) is 0 Å². The van der Waals surface area contributed by atoms with Crippen molar-refractivity contribution in [2.75, 3.05) is 12.3 Å². The van der Waals surface area contributed by atoms with Gasteiger partial charge in [0.2, 0.25) is 0 Å². The monoisotopic (exact) mass is 398 g/mol. The van der Waals surface area contributed by atoms with Crippen LogP contribution in [-0.2, 0) is 5.54 Å². The first-order chi connectivity index (χ1) is 13.4. The molecule has 1 atom stereocenters. The number of hydrogen-bond donors (Lipinski definition) is 3. The standard InChI is InChI=1S/C22H30N4OS/c1-5-7-19(24-6-2)16(3)12-14-25-20(27)17-8-10-18(11-9-17)22(4)13-15-28-21(23)26-22/h5-11,24H,2,12-15H2,1,3-4H3,(H2,23,26)(H,25,27)/b7-5-,19-16-. The fraction of sp³-hybridized carbons (Fsp3) is 0.364. The zero-order valence-corrected chi connectivity index (χ0v) is 17.7. The zero-order chi connectivity index (χ0) is 20.6. The number of amides is 1. The highest BCUT2D eigenvalue weighted by molar-refractivity contribution is 8.13. The highest BCUT2D eigenvalue weighted by Gasteiger charge is 2.29. The SMILES string of the molecule is C=CNC(/C=C\C)=C(/C)CCNC(=O)c1ccc(C2(C)CCSC(N)=N2)cc1. The molecule has 1 aromatic carbocycles. The molecule has 0 spiro atoms. The Kier molecular flexibility index (Phi) is 7.93. The van der Waals surface area contributed by atoms with Crippen LogP contribution in [0.25, 0.3) is 0 Å². The molecule has 0 saturated heterocycles. The third-order valence-corrected chi connectivity index (χ3v) is 5.60. The van der Waals surface area contributed by atoms with E-state index in [1.165, 1.54) is 0 Å². The van der Waals surface area contributed by atoms with Gasteiger partial charge in [-0.2, -0.15) is 0 Å². The predicted molar refractivity (Wildman–Crippen MR) is 120 cm³/mol. The molecule has 1 aliphatic heterocycles. The van der Waals surface area contributed by atoms with Gasteiger partial charge in [0.05, 0.1) is 5.54 Å². The first kappa shape index (κ1) is 21.8. The van der Waals surface area contributed by atoms with E-state index in [0.29, 0.717) is 17.3 Å². The second kappa shape index (κ2) is 10.2. The summed E-state index contributed by atoms with van der Waals surface area (Å²) in [4.78, 5) is 17.1. The maximum atomic E-state index is 12.4. The van der Waals surface area contributed by atoms with Gasteiger partial charge in [-0.3, -0.25) is 9.79 Å². The molecule has 1 unspecified atom stereocenters. The average Bonchev–Trinajstić information content (AvgIpc) is 2.67. The number of nitrogens with zero attached hydrogens (tertiary/aromatic N) is 1. The largest absolute Gasteiger partial charge is 0.379 e. The molecule has 0 bridgehead atoms. The van der Waals surface area contributed by atoms with E-state index in [2.05, 4.69) is 29.1 Å². The number of rotatable bonds is 8. The second-order valence-corrected chi connectivity index (χ2v) is 8.06. The van der Waals surface area contributed by atoms with Crippen LogP contribution in [0.15, 0.2) is 65.5 Å². The van der Waals surface area contributed by atoms with Crippen LogP contribution in [0.5, 0.6) is 0 Å². The summed E-state index contributed by atoms with van der Waals surface area (Å²) in [6.45, 7) is 10.4. The van der Waals surface area contributed by atoms with Gasteiger partial charge in [0, 0.05) is 23.6 Å². The minimum absolute atomic E-state index is 0.0732. The van der Waals surface area contributed by atoms with Crippen molar-refractivity contribution in [1.82, 2.24) is 10.6 Å². The highest BCUT2D eigenvalue weighted by Crippen LogP contribution is 2.34. The molecule has 1 amide bonds. The lowest BCUT2D eigenvalue weighted by molar-refractivity contribution is 0.0954. The zero-order valence-electron chi connectivity index (χ0n) is 16.9. The van der Waals surface area contributed by atoms with E-state index < -0.39 is 0 Å². The number of nitrogens with one attached hydrogen (secondary N) is 2. The molecule has 0 fully saturated rings. The first-order valence-corrected chi connectivity index (χ1v) is 10.4. The molecule has 28 heavy (non-hydrogen) atoms. The molecule has 1 heterocycles. The number of nitrogens with two attached hydrogens (primary N) is 1. The molecule has 1 aliphatic rings. The Hall–Kier alpha value is -2.47. The van der Waals surface area contributed by atoms with Crippen molar-refractivity contribution in [1.29, 1.82) is 0 Å². The van der Waals surface area contributed by atoms with Crippen molar-refractivity contribution < 1.29 is 4.79 Å². The predicted octanol–water partition coefficient (Wildman–Crippen LogP) is 4.06. The van der Waals surface area contributed by atoms with Gasteiger partial charge in [0.15, 0.2) is 5.17 Å². The highest BCUT2D eigenvalue weighted by atomic mass is 32.2. The third-order valence-electron chi connectivity index (χ3n) is 4.80. The van der Waals surface area contributed by atoms with Gasteiger partial charge in [-0.1, -0.05) is 36.5 Å². The van der Waals surface area contributed by atoms with Gasteiger partial charge >= 0.3 is 0 Å². The second-order valence-electron chi connectivity index (χ2n) is 6.95. The van der Waals surface area contributed by atoms with Crippen molar-refractivity contribution in [3.05, 3.63) is 71.6 Å². The van der Waals surface area contributed by atoms with Crippen LogP contribution in [0.3, 0.4) is 0 Å². The Labute approximate surface area is 172 Å². The van der Waals surface area contributed by atoms with Gasteiger partial charge in [0.1, 0.15) is 0 Å². The number of benzene rings is 1. The third kappa shape index (κ3) is 5.76. The van der Waals surface area contributed by atoms with Gasteiger partial charge in [-0.05, 0) is 69.2 Å². The number of aliphatic imine (C=N–C) groups is 1. The summed E-state index contributed by atoms with van der Waals surface area (Å²) in [5, 5.41) is 6.73. The van der Waals surface area contributed by atoms with E-state index in [1.807, 2.05) is 50.3 Å². The number of carbonyl (C=O) groups excluding carboxylic acids is 1. The van der Waals surface area contributed by atoms with Gasteiger partial charge in [-0.15, -0.1) is 0 Å². The van der Waals surface area contributed by atoms with Crippen molar-refractivity contribution in [2.24, 2.45) is 10.7 Å². The molecule has 5 nitrogen and oxygen atoms in total. The Morgan fingerprint density at radius 2 is 2.11 bits per heavy atom. The van der Waals surface area contributed by atoms with E-state index >= 15 is 0 Å². The number of allylic oxidation sites excluding steroid dienone is 2. The van der Waals surface area contributed by atoms with Gasteiger partial charge < -0.3 is 16.4 Å². The quantitative estimate of drug-likeness (QED) is 0.577. The average molecular weight is 399 g/mol. The fourth-order valence-corrected chi connectivity index (χ4v) is 4.04. The Morgan fingerprint density at radius 3 is 2.71 bits per heavy atom. The van der Waals surface area contributed by atoms with E-state index in [0.717, 1.165) is 35.4 Å². The molecule has 1 aromatic rings. The maximum Gasteiger partial charge on any atom is 0.251 e. The van der Waals surface area contributed by atoms with Crippen LogP contribution in [0.4, 0.5) is 0 Å². The molecule has 150 valence electrons. The maximum absolute atomic E-state index is 12.4. The van der Waals surface area contributed by atoms with Crippen LogP contribution in [0.1, 0.15) is 49.5 Å². The van der Waals surface area contributed by atoms with Crippen molar-refractivity contribution in [3.8, 4) is 0 Å². The number of thioether (sulfide) groups is 1. The number of carbonyl (C=O) groups is 1. The van der Waals surface area contributed by atoms with E-state index in [4.69, 9.17) is 5.73 Å². The fourth-order valence-electron chi connectivity index (χ4n) is 3.07. The summed E-state index contributed by atoms with van der Waals surface area (Å²) in [5.74, 6) is 0.882. The van der Waals surface area contributed by atoms with Crippen LogP contribution < -0.4 is 16.4 Å². The molecular weight excluding hydrogens is 368 g/mol. The van der Waals surface area contributed by atoms with E-state index in [9.17, 15) is 4.79 Å². The molecular formula is C22H30N4OS. The molecule has 0 saturated carbocycles. The molecule has 0 aliphatic carbocycles. The lowest BCUT2D eigenvalue weighted by atomic mass is 9.89. The number of hydrogen-bond acceptors (Lipinski definition) is 5. The van der Waals surface area contributed by atoms with Crippen LogP contribution in [0, 0.1) is 0 Å². The Balaban J connectivity index is 1.97. The van der Waals surface area contributed by atoms with Crippen molar-refractivity contribution in [3.63, 3.8) is 0 Å². The minimum atomic E-state index is -0.312. The summed E-state index contributed by atoms with van der Waals surface area (Å²) in [6, 6.07) is 7.67. The molecule has 2 rings (SSSR count). The first-order valence-electron chi connectivity index (χ1n) is 9.46. The van der Waals surface area contributed by atoms with Crippen LogP contribution >= 0.6 is 11.8 Å². The van der Waals surface area contributed by atoms with Gasteiger partial charge in [0.25, 0.3) is 5.91 Å². The van der Waals surface area contributed by atoms with Crippen molar-refractivity contribution in [2.45, 2.75) is 39.2 Å². The molecule has 4 N–H and O–H groups in total. The summed E-state index contributed by atoms with van der Waals surface area (Å²) in [5.41, 5.74) is 9.48. The normalized spacial score (nSPS) is 20.3. The van der Waals surface area contributed by atoms with E-state index in [-0.39, 0.29) is 11.4 Å². The smallest absolute Gasteiger partial charge is 0.251 e. The summed E-state index contributed by atoms with van der Waals surface area (Å²) >= 11 is 1.59. The Bertz CT molecular complexity index is 795. The summed E-state index contributed by atoms with van der Waals surface area (Å²) < 4.78 is 0. The lowest BCUT2D eigenvalue weighted by Crippen LogP contribution is -2.29. The Morgan fingerprint density at radius 1 is 1.39 bits per heavy atom. The lowest BCUT2D eigenvalue weighted by Gasteiger charge is -2.29. The topological polar surface area (TPSA) is 79.5 Å². The summed E-state index contributed by atoms with van der Waals surface area (Å²) in [7, 11) is 0. The minimum Gasteiger partial charge on any atom is -0.379 e. The number of amidine groups is 1. The molecule has 0 aromatic heterocycles. The molecule has 6 heteroatoms. The summed E-state index contributed by atoms with van der Waals surface area (Å²) in [6.07, 6.45) is 7.31. The van der Waals surface area contributed by atoms with E-state index in [1.54, 1.807) is 18.0 Å².